The van der Waals surface area contributed by atoms with Crippen molar-refractivity contribution < 1.29 is 19.0 Å². The Morgan fingerprint density at radius 1 is 1.32 bits per heavy atom. The molecule has 0 bridgehead atoms. The van der Waals surface area contributed by atoms with E-state index in [0.29, 0.717) is 11.3 Å². The number of methoxy groups -OCH3 is 1. The van der Waals surface area contributed by atoms with E-state index in [0.717, 1.165) is 6.07 Å². The van der Waals surface area contributed by atoms with Crippen LogP contribution in [0.1, 0.15) is 28.9 Å². The van der Waals surface area contributed by atoms with Gasteiger partial charge < -0.3 is 15.2 Å². The van der Waals surface area contributed by atoms with Crippen LogP contribution in [0.2, 0.25) is 0 Å². The summed E-state index contributed by atoms with van der Waals surface area (Å²) >= 11 is 0. The van der Waals surface area contributed by atoms with Crippen molar-refractivity contribution in [2.45, 2.75) is 19.1 Å². The van der Waals surface area contributed by atoms with Gasteiger partial charge in [-0.1, -0.05) is 12.1 Å². The second-order valence-corrected chi connectivity index (χ2v) is 4.85. The summed E-state index contributed by atoms with van der Waals surface area (Å²) in [7, 11) is 1.56. The molecular weight excluding hydrogens is 287 g/mol. The van der Waals surface area contributed by atoms with E-state index in [2.05, 4.69) is 10.3 Å². The normalized spacial score (nSPS) is 13.3. The Bertz CT molecular complexity index is 646. The van der Waals surface area contributed by atoms with Gasteiger partial charge in [-0.25, -0.2) is 4.98 Å². The summed E-state index contributed by atoms with van der Waals surface area (Å²) in [6.45, 7) is 1.67. The zero-order chi connectivity index (χ0) is 16.1. The standard InChI is InChI=1S/C16H17FN2O3/c1-10(15(20)11-3-5-13(22-2)6-4-11)19-16(21)12-7-8-18-14(17)9-12/h3-10,15,20H,1-2H3,(H,19,21). The Balaban J connectivity index is 2.04. The Labute approximate surface area is 127 Å². The van der Waals surface area contributed by atoms with Crippen LogP contribution >= 0.6 is 0 Å². The van der Waals surface area contributed by atoms with Crippen LogP contribution in [0.15, 0.2) is 42.6 Å². The average Bonchev–Trinajstić information content (AvgIpc) is 2.54. The van der Waals surface area contributed by atoms with Crippen LogP contribution in [0.25, 0.3) is 0 Å². The van der Waals surface area contributed by atoms with Crippen molar-refractivity contribution in [3.05, 3.63) is 59.7 Å². The molecular formula is C16H17FN2O3. The van der Waals surface area contributed by atoms with Crippen molar-refractivity contribution in [2.75, 3.05) is 7.11 Å². The molecule has 0 radical (unpaired) electrons. The minimum atomic E-state index is -0.887. The highest BCUT2D eigenvalue weighted by atomic mass is 19.1. The average molecular weight is 304 g/mol. The molecule has 2 aromatic rings. The maximum atomic E-state index is 13.0. The number of carbonyl (C=O) groups is 1. The van der Waals surface area contributed by atoms with Gasteiger partial charge in [0.1, 0.15) is 5.75 Å². The molecule has 5 nitrogen and oxygen atoms in total. The number of aliphatic hydroxyl groups excluding tert-OH is 1. The van der Waals surface area contributed by atoms with E-state index in [9.17, 15) is 14.3 Å². The fourth-order valence-corrected chi connectivity index (χ4v) is 2.00. The molecule has 2 unspecified atom stereocenters. The highest BCUT2D eigenvalue weighted by molar-refractivity contribution is 5.94. The van der Waals surface area contributed by atoms with Crippen molar-refractivity contribution in [1.29, 1.82) is 0 Å². The van der Waals surface area contributed by atoms with Gasteiger partial charge in [-0.05, 0) is 30.7 Å². The molecule has 1 aromatic heterocycles. The second kappa shape index (κ2) is 7.00. The number of pyridine rings is 1. The number of amides is 1. The van der Waals surface area contributed by atoms with Gasteiger partial charge in [0.25, 0.3) is 5.91 Å². The summed E-state index contributed by atoms with van der Waals surface area (Å²) in [6.07, 6.45) is 0.330. The van der Waals surface area contributed by atoms with Crippen molar-refractivity contribution in [2.24, 2.45) is 0 Å². The molecule has 2 atom stereocenters. The molecule has 2 N–H and O–H groups in total. The van der Waals surface area contributed by atoms with Gasteiger partial charge in [-0.15, -0.1) is 0 Å². The summed E-state index contributed by atoms with van der Waals surface area (Å²) in [5.74, 6) is -0.516. The van der Waals surface area contributed by atoms with Crippen LogP contribution < -0.4 is 10.1 Å². The third-order valence-corrected chi connectivity index (χ3v) is 3.28. The number of hydrogen-bond acceptors (Lipinski definition) is 4. The SMILES string of the molecule is COc1ccc(C(O)C(C)NC(=O)c2ccnc(F)c2)cc1. The monoisotopic (exact) mass is 304 g/mol. The maximum absolute atomic E-state index is 13.0. The largest absolute Gasteiger partial charge is 0.497 e. The lowest BCUT2D eigenvalue weighted by Gasteiger charge is -2.21. The van der Waals surface area contributed by atoms with Crippen LogP contribution in [0.5, 0.6) is 5.75 Å². The first kappa shape index (κ1) is 15.9. The number of carbonyl (C=O) groups excluding carboxylic acids is 1. The summed E-state index contributed by atoms with van der Waals surface area (Å²) in [5, 5.41) is 12.9. The molecule has 22 heavy (non-hydrogen) atoms. The van der Waals surface area contributed by atoms with E-state index in [1.807, 2.05) is 0 Å². The number of hydrogen-bond donors (Lipinski definition) is 2. The van der Waals surface area contributed by atoms with Gasteiger partial charge in [0.15, 0.2) is 0 Å². The first-order valence-corrected chi connectivity index (χ1v) is 6.75. The van der Waals surface area contributed by atoms with Crippen molar-refractivity contribution in [3.8, 4) is 5.75 Å². The Hall–Kier alpha value is -2.47. The number of ether oxygens (including phenoxy) is 1. The zero-order valence-electron chi connectivity index (χ0n) is 12.3. The van der Waals surface area contributed by atoms with Gasteiger partial charge >= 0.3 is 0 Å². The summed E-state index contributed by atoms with van der Waals surface area (Å²) in [4.78, 5) is 15.4. The fourth-order valence-electron chi connectivity index (χ4n) is 2.00. The molecule has 0 aliphatic rings. The zero-order valence-corrected chi connectivity index (χ0v) is 12.3. The van der Waals surface area contributed by atoms with Gasteiger partial charge in [-0.3, -0.25) is 4.79 Å². The Kier molecular flexibility index (Phi) is 5.06. The highest BCUT2D eigenvalue weighted by Gasteiger charge is 2.19. The number of benzene rings is 1. The van der Waals surface area contributed by atoms with Crippen molar-refractivity contribution >= 4 is 5.91 Å². The topological polar surface area (TPSA) is 71.5 Å². The van der Waals surface area contributed by atoms with Crippen LogP contribution in [0.3, 0.4) is 0 Å². The summed E-state index contributed by atoms with van der Waals surface area (Å²) < 4.78 is 18.1. The number of halogens is 1. The van der Waals surface area contributed by atoms with Crippen LogP contribution in [-0.4, -0.2) is 29.1 Å². The van der Waals surface area contributed by atoms with Gasteiger partial charge in [0, 0.05) is 17.8 Å². The van der Waals surface area contributed by atoms with Crippen LogP contribution in [0, 0.1) is 5.95 Å². The number of nitrogens with zero attached hydrogens (tertiary/aromatic N) is 1. The smallest absolute Gasteiger partial charge is 0.251 e. The van der Waals surface area contributed by atoms with Gasteiger partial charge in [-0.2, -0.15) is 4.39 Å². The molecule has 0 aliphatic carbocycles. The van der Waals surface area contributed by atoms with Crippen LogP contribution in [-0.2, 0) is 0 Å². The Morgan fingerprint density at radius 3 is 2.59 bits per heavy atom. The Morgan fingerprint density at radius 2 is 2.00 bits per heavy atom. The fraction of sp³-hybridized carbons (Fsp3) is 0.250. The lowest BCUT2D eigenvalue weighted by molar-refractivity contribution is 0.0851. The summed E-state index contributed by atoms with van der Waals surface area (Å²) in [6, 6.07) is 8.80. The number of nitrogens with one attached hydrogen (secondary N) is 1. The molecule has 0 saturated heterocycles. The van der Waals surface area contributed by atoms with E-state index in [1.165, 1.54) is 12.3 Å². The third kappa shape index (κ3) is 3.79. The molecule has 1 amide bonds. The predicted molar refractivity (Wildman–Crippen MR) is 79.1 cm³/mol. The maximum Gasteiger partial charge on any atom is 0.251 e. The van der Waals surface area contributed by atoms with Gasteiger partial charge in [0.2, 0.25) is 5.95 Å². The number of aliphatic hydroxyl groups is 1. The molecule has 1 aromatic carbocycles. The lowest BCUT2D eigenvalue weighted by Crippen LogP contribution is -2.37. The predicted octanol–water partition coefficient (Wildman–Crippen LogP) is 2.08. The van der Waals surface area contributed by atoms with E-state index in [1.54, 1.807) is 38.3 Å². The molecule has 6 heteroatoms. The van der Waals surface area contributed by atoms with E-state index < -0.39 is 24.0 Å². The third-order valence-electron chi connectivity index (χ3n) is 3.28. The van der Waals surface area contributed by atoms with E-state index >= 15 is 0 Å². The number of aromatic nitrogens is 1. The lowest BCUT2D eigenvalue weighted by atomic mass is 10.0. The minimum Gasteiger partial charge on any atom is -0.497 e. The molecule has 0 aliphatic heterocycles. The molecule has 0 fully saturated rings. The molecule has 0 spiro atoms. The summed E-state index contributed by atoms with van der Waals surface area (Å²) in [5.41, 5.74) is 0.802. The molecule has 0 saturated carbocycles. The van der Waals surface area contributed by atoms with E-state index in [4.69, 9.17) is 4.74 Å². The number of rotatable bonds is 5. The molecule has 2 rings (SSSR count). The van der Waals surface area contributed by atoms with E-state index in [-0.39, 0.29) is 5.56 Å². The second-order valence-electron chi connectivity index (χ2n) is 4.85. The first-order valence-electron chi connectivity index (χ1n) is 6.75. The first-order chi connectivity index (χ1) is 10.5. The van der Waals surface area contributed by atoms with Crippen molar-refractivity contribution in [1.82, 2.24) is 10.3 Å². The minimum absolute atomic E-state index is 0.154. The quantitative estimate of drug-likeness (QED) is 0.830. The van der Waals surface area contributed by atoms with Gasteiger partial charge in [0.05, 0.1) is 19.3 Å². The highest BCUT2D eigenvalue weighted by Crippen LogP contribution is 2.20. The van der Waals surface area contributed by atoms with Crippen LogP contribution in [0.4, 0.5) is 4.39 Å². The molecule has 1 heterocycles. The van der Waals surface area contributed by atoms with Crippen molar-refractivity contribution in [3.63, 3.8) is 0 Å². The molecule has 116 valence electrons.